The Bertz CT molecular complexity index is 345. The quantitative estimate of drug-likeness (QED) is 0.570. The Labute approximate surface area is 93.8 Å². The third-order valence-corrected chi connectivity index (χ3v) is 2.19. The molecule has 16 heavy (non-hydrogen) atoms. The normalized spacial score (nSPS) is 10.5. The van der Waals surface area contributed by atoms with E-state index in [2.05, 4.69) is 15.4 Å². The van der Waals surface area contributed by atoms with Gasteiger partial charge >= 0.3 is 0 Å². The first-order valence-corrected chi connectivity index (χ1v) is 5.06. The number of rotatable bonds is 6. The molecule has 0 radical (unpaired) electrons. The highest BCUT2D eigenvalue weighted by molar-refractivity contribution is 5.31. The van der Waals surface area contributed by atoms with Gasteiger partial charge in [-0.25, -0.2) is 8.78 Å². The average molecular weight is 230 g/mol. The largest absolute Gasteiger partial charge is 0.494 e. The van der Waals surface area contributed by atoms with E-state index in [9.17, 15) is 8.78 Å². The van der Waals surface area contributed by atoms with Gasteiger partial charge in [0.05, 0.1) is 7.11 Å². The third-order valence-electron chi connectivity index (χ3n) is 2.19. The molecule has 90 valence electrons. The first-order valence-electron chi connectivity index (χ1n) is 5.06. The number of ether oxygens (including phenoxy) is 1. The van der Waals surface area contributed by atoms with Gasteiger partial charge in [-0.2, -0.15) is 0 Å². The van der Waals surface area contributed by atoms with Gasteiger partial charge in [0.15, 0.2) is 11.6 Å². The highest BCUT2D eigenvalue weighted by Crippen LogP contribution is 2.21. The Balaban J connectivity index is 2.63. The molecule has 5 heteroatoms. The Kier molecular flexibility index (Phi) is 5.14. The Hall–Kier alpha value is -1.20. The number of halogens is 2. The van der Waals surface area contributed by atoms with Gasteiger partial charge in [-0.3, -0.25) is 0 Å². The van der Waals surface area contributed by atoms with Crippen molar-refractivity contribution < 1.29 is 13.5 Å². The van der Waals surface area contributed by atoms with Gasteiger partial charge < -0.3 is 15.4 Å². The Morgan fingerprint density at radius 3 is 2.62 bits per heavy atom. The summed E-state index contributed by atoms with van der Waals surface area (Å²) in [5.41, 5.74) is 0.349. The molecular formula is C11H16F2N2O. The van der Waals surface area contributed by atoms with Crippen LogP contribution < -0.4 is 15.4 Å². The van der Waals surface area contributed by atoms with Crippen LogP contribution in [-0.4, -0.2) is 27.4 Å². The number of methoxy groups -OCH3 is 1. The minimum atomic E-state index is -0.535. The fraction of sp³-hybridized carbons (Fsp3) is 0.455. The Morgan fingerprint density at radius 1 is 1.25 bits per heavy atom. The van der Waals surface area contributed by atoms with Crippen LogP contribution in [-0.2, 0) is 6.42 Å². The van der Waals surface area contributed by atoms with Crippen molar-refractivity contribution in [3.8, 4) is 5.75 Å². The van der Waals surface area contributed by atoms with Crippen LogP contribution in [0, 0.1) is 11.6 Å². The molecule has 0 aromatic heterocycles. The second-order valence-electron chi connectivity index (χ2n) is 3.36. The van der Waals surface area contributed by atoms with E-state index in [1.807, 2.05) is 0 Å². The van der Waals surface area contributed by atoms with Crippen LogP contribution in [0.25, 0.3) is 0 Å². The summed E-state index contributed by atoms with van der Waals surface area (Å²) in [7, 11) is 3.12. The van der Waals surface area contributed by atoms with Gasteiger partial charge in [0.25, 0.3) is 0 Å². The lowest BCUT2D eigenvalue weighted by Gasteiger charge is -2.08. The van der Waals surface area contributed by atoms with Gasteiger partial charge in [-0.15, -0.1) is 0 Å². The fourth-order valence-corrected chi connectivity index (χ4v) is 1.35. The van der Waals surface area contributed by atoms with E-state index in [0.717, 1.165) is 6.07 Å². The molecule has 0 saturated heterocycles. The molecule has 1 aromatic carbocycles. The predicted molar refractivity (Wildman–Crippen MR) is 58.5 cm³/mol. The van der Waals surface area contributed by atoms with Crippen LogP contribution in [0.2, 0.25) is 0 Å². The second kappa shape index (κ2) is 6.40. The summed E-state index contributed by atoms with van der Waals surface area (Å²) in [6.45, 7) is 1.23. The molecule has 0 atom stereocenters. The molecule has 0 spiro atoms. The Morgan fingerprint density at radius 2 is 2.00 bits per heavy atom. The molecule has 0 bridgehead atoms. The maximum Gasteiger partial charge on any atom is 0.165 e. The van der Waals surface area contributed by atoms with Crippen LogP contribution in [0.3, 0.4) is 0 Å². The zero-order chi connectivity index (χ0) is 12.0. The van der Waals surface area contributed by atoms with Crippen molar-refractivity contribution in [3.63, 3.8) is 0 Å². The highest BCUT2D eigenvalue weighted by atomic mass is 19.1. The van der Waals surface area contributed by atoms with Crippen molar-refractivity contribution in [2.75, 3.05) is 27.4 Å². The van der Waals surface area contributed by atoms with Crippen molar-refractivity contribution in [3.05, 3.63) is 29.3 Å². The van der Waals surface area contributed by atoms with E-state index < -0.39 is 11.6 Å². The minimum absolute atomic E-state index is 0.0653. The maximum absolute atomic E-state index is 13.4. The molecule has 0 fully saturated rings. The van der Waals surface area contributed by atoms with Gasteiger partial charge in [0.1, 0.15) is 5.82 Å². The van der Waals surface area contributed by atoms with Crippen molar-refractivity contribution in [2.24, 2.45) is 0 Å². The fourth-order valence-electron chi connectivity index (χ4n) is 1.35. The lowest BCUT2D eigenvalue weighted by molar-refractivity contribution is 0.381. The van der Waals surface area contributed by atoms with Crippen LogP contribution in [0.15, 0.2) is 12.1 Å². The SMILES string of the molecule is CNCNCCc1cc(F)c(OC)cc1F. The van der Waals surface area contributed by atoms with Crippen LogP contribution in [0.4, 0.5) is 8.78 Å². The van der Waals surface area contributed by atoms with E-state index in [4.69, 9.17) is 0 Å². The summed E-state index contributed by atoms with van der Waals surface area (Å²) in [5, 5.41) is 5.93. The number of nitrogens with one attached hydrogen (secondary N) is 2. The summed E-state index contributed by atoms with van der Waals surface area (Å²) in [5.74, 6) is -1.04. The van der Waals surface area contributed by atoms with E-state index in [0.29, 0.717) is 25.2 Å². The van der Waals surface area contributed by atoms with Crippen LogP contribution in [0.1, 0.15) is 5.56 Å². The second-order valence-corrected chi connectivity index (χ2v) is 3.36. The summed E-state index contributed by atoms with van der Waals surface area (Å²) in [4.78, 5) is 0. The third kappa shape index (κ3) is 3.43. The van der Waals surface area contributed by atoms with Crippen molar-refractivity contribution in [2.45, 2.75) is 6.42 Å². The van der Waals surface area contributed by atoms with Gasteiger partial charge in [-0.05, 0) is 25.1 Å². The standard InChI is InChI=1S/C11H16F2N2O/c1-14-7-15-4-3-8-5-10(13)11(16-2)6-9(8)12/h5-6,14-15H,3-4,7H2,1-2H3. The smallest absolute Gasteiger partial charge is 0.165 e. The van der Waals surface area contributed by atoms with Crippen molar-refractivity contribution >= 4 is 0 Å². The van der Waals surface area contributed by atoms with Crippen LogP contribution in [0.5, 0.6) is 5.75 Å². The molecule has 0 aliphatic heterocycles. The molecule has 2 N–H and O–H groups in total. The summed E-state index contributed by atoms with van der Waals surface area (Å²) in [6, 6.07) is 2.25. The highest BCUT2D eigenvalue weighted by Gasteiger charge is 2.09. The predicted octanol–water partition coefficient (Wildman–Crippen LogP) is 1.28. The van der Waals surface area contributed by atoms with Crippen molar-refractivity contribution in [1.29, 1.82) is 0 Å². The number of benzene rings is 1. The summed E-state index contributed by atoms with van der Waals surface area (Å²) >= 11 is 0. The molecule has 1 rings (SSSR count). The maximum atomic E-state index is 13.4. The molecular weight excluding hydrogens is 214 g/mol. The van der Waals surface area contributed by atoms with E-state index in [-0.39, 0.29) is 5.75 Å². The lowest BCUT2D eigenvalue weighted by Crippen LogP contribution is -2.27. The van der Waals surface area contributed by atoms with Gasteiger partial charge in [0.2, 0.25) is 0 Å². The van der Waals surface area contributed by atoms with Gasteiger partial charge in [-0.1, -0.05) is 0 Å². The summed E-state index contributed by atoms with van der Waals surface area (Å²) < 4.78 is 31.4. The molecule has 1 aromatic rings. The van der Waals surface area contributed by atoms with E-state index in [1.165, 1.54) is 13.2 Å². The molecule has 3 nitrogen and oxygen atoms in total. The molecule has 0 amide bonds. The summed E-state index contributed by atoms with van der Waals surface area (Å²) in [6.07, 6.45) is 0.439. The van der Waals surface area contributed by atoms with E-state index in [1.54, 1.807) is 7.05 Å². The average Bonchev–Trinajstić information content (AvgIpc) is 2.28. The molecule has 0 heterocycles. The number of hydrogen-bond donors (Lipinski definition) is 2. The van der Waals surface area contributed by atoms with Crippen LogP contribution >= 0.6 is 0 Å². The molecule has 0 unspecified atom stereocenters. The van der Waals surface area contributed by atoms with Gasteiger partial charge in [0, 0.05) is 19.3 Å². The lowest BCUT2D eigenvalue weighted by atomic mass is 10.1. The molecule has 0 saturated carbocycles. The first kappa shape index (κ1) is 12.9. The minimum Gasteiger partial charge on any atom is -0.494 e. The zero-order valence-corrected chi connectivity index (χ0v) is 9.44. The number of hydrogen-bond acceptors (Lipinski definition) is 3. The van der Waals surface area contributed by atoms with E-state index >= 15 is 0 Å². The molecule has 0 aliphatic carbocycles. The topological polar surface area (TPSA) is 33.3 Å². The molecule has 0 aliphatic rings. The zero-order valence-electron chi connectivity index (χ0n) is 9.44. The first-order chi connectivity index (χ1) is 7.69. The monoisotopic (exact) mass is 230 g/mol. The van der Waals surface area contributed by atoms with Crippen molar-refractivity contribution in [1.82, 2.24) is 10.6 Å².